The number of sulfonamides is 1. The van der Waals surface area contributed by atoms with Crippen molar-refractivity contribution in [1.82, 2.24) is 9.21 Å². The zero-order valence-electron chi connectivity index (χ0n) is 12.5. The number of nitrogens with zero attached hydrogens (tertiary/aromatic N) is 2. The van der Waals surface area contributed by atoms with Crippen LogP contribution in [0.4, 0.5) is 5.69 Å². The predicted octanol–water partition coefficient (Wildman–Crippen LogP) is 1.20. The number of carbonyl (C=O) groups excluding carboxylic acids is 1. The van der Waals surface area contributed by atoms with E-state index in [1.807, 2.05) is 29.2 Å². The van der Waals surface area contributed by atoms with Crippen molar-refractivity contribution >= 4 is 44.2 Å². The standard InChI is InChI=1S/C14H20IN3O3S/c1-2-22(20,21)18-9-7-17(8-10-18)11-14(19)16-13-6-4-3-5-12(13)15/h3-6H,2,7-11H2,1H3,(H,16,19). The number of nitrogens with one attached hydrogen (secondary N) is 1. The number of rotatable bonds is 5. The molecule has 22 heavy (non-hydrogen) atoms. The van der Waals surface area contributed by atoms with Crippen LogP contribution in [0.3, 0.4) is 0 Å². The number of hydrogen-bond acceptors (Lipinski definition) is 4. The Hall–Kier alpha value is -0.710. The van der Waals surface area contributed by atoms with E-state index in [2.05, 4.69) is 27.9 Å². The Labute approximate surface area is 145 Å². The number of para-hydroxylation sites is 1. The molecule has 1 amide bonds. The Morgan fingerprint density at radius 2 is 1.86 bits per heavy atom. The number of piperazine rings is 1. The molecule has 1 aliphatic heterocycles. The molecule has 6 nitrogen and oxygen atoms in total. The molecule has 0 aromatic heterocycles. The van der Waals surface area contributed by atoms with Crippen molar-refractivity contribution in [3.63, 3.8) is 0 Å². The number of anilines is 1. The van der Waals surface area contributed by atoms with Crippen molar-refractivity contribution in [2.45, 2.75) is 6.92 Å². The fourth-order valence-corrected chi connectivity index (χ4v) is 3.91. The number of amides is 1. The molecule has 1 aliphatic rings. The molecule has 1 aromatic rings. The summed E-state index contributed by atoms with van der Waals surface area (Å²) in [6.45, 7) is 4.00. The lowest BCUT2D eigenvalue weighted by atomic mass is 10.3. The summed E-state index contributed by atoms with van der Waals surface area (Å²) in [6, 6.07) is 7.60. The van der Waals surface area contributed by atoms with Gasteiger partial charge in [-0.2, -0.15) is 4.31 Å². The average molecular weight is 437 g/mol. The first-order chi connectivity index (χ1) is 10.4. The van der Waals surface area contributed by atoms with Gasteiger partial charge in [0.1, 0.15) is 0 Å². The Balaban J connectivity index is 1.84. The first-order valence-corrected chi connectivity index (χ1v) is 9.85. The summed E-state index contributed by atoms with van der Waals surface area (Å²) in [5.41, 5.74) is 0.806. The van der Waals surface area contributed by atoms with E-state index < -0.39 is 10.0 Å². The maximum Gasteiger partial charge on any atom is 0.238 e. The first kappa shape index (κ1) is 17.6. The van der Waals surface area contributed by atoms with Gasteiger partial charge < -0.3 is 5.32 Å². The summed E-state index contributed by atoms with van der Waals surface area (Å²) in [5, 5.41) is 2.89. The maximum absolute atomic E-state index is 12.1. The molecular weight excluding hydrogens is 417 g/mol. The first-order valence-electron chi connectivity index (χ1n) is 7.17. The quantitative estimate of drug-likeness (QED) is 0.704. The Kier molecular flexibility index (Phi) is 6.18. The molecule has 1 aromatic carbocycles. The smallest absolute Gasteiger partial charge is 0.238 e. The van der Waals surface area contributed by atoms with Crippen molar-refractivity contribution in [2.24, 2.45) is 0 Å². The van der Waals surface area contributed by atoms with Gasteiger partial charge in [0.15, 0.2) is 0 Å². The number of carbonyl (C=O) groups is 1. The second kappa shape index (κ2) is 7.71. The van der Waals surface area contributed by atoms with Crippen LogP contribution in [0.15, 0.2) is 24.3 Å². The number of halogens is 1. The van der Waals surface area contributed by atoms with Crippen LogP contribution >= 0.6 is 22.6 Å². The molecule has 0 aliphatic carbocycles. The van der Waals surface area contributed by atoms with Gasteiger partial charge >= 0.3 is 0 Å². The molecule has 2 rings (SSSR count). The third-order valence-corrected chi connectivity index (χ3v) is 6.43. The lowest BCUT2D eigenvalue weighted by Gasteiger charge is -2.33. The lowest BCUT2D eigenvalue weighted by molar-refractivity contribution is -0.117. The van der Waals surface area contributed by atoms with Gasteiger partial charge in [-0.25, -0.2) is 8.42 Å². The largest absolute Gasteiger partial charge is 0.324 e. The van der Waals surface area contributed by atoms with Crippen LogP contribution in [0.1, 0.15) is 6.92 Å². The fraction of sp³-hybridized carbons (Fsp3) is 0.500. The minimum atomic E-state index is -3.12. The van der Waals surface area contributed by atoms with E-state index in [0.29, 0.717) is 26.2 Å². The zero-order valence-corrected chi connectivity index (χ0v) is 15.4. The van der Waals surface area contributed by atoms with Gasteiger partial charge in [-0.15, -0.1) is 0 Å². The molecule has 0 atom stereocenters. The molecule has 0 radical (unpaired) electrons. The summed E-state index contributed by atoms with van der Waals surface area (Å²) in [4.78, 5) is 14.1. The van der Waals surface area contributed by atoms with Crippen molar-refractivity contribution in [2.75, 3.05) is 43.8 Å². The summed E-state index contributed by atoms with van der Waals surface area (Å²) in [7, 11) is -3.12. The van der Waals surface area contributed by atoms with Crippen LogP contribution in [0.5, 0.6) is 0 Å². The highest BCUT2D eigenvalue weighted by molar-refractivity contribution is 14.1. The molecule has 8 heteroatoms. The van der Waals surface area contributed by atoms with Crippen molar-refractivity contribution in [3.8, 4) is 0 Å². The van der Waals surface area contributed by atoms with Crippen LogP contribution in [-0.2, 0) is 14.8 Å². The van der Waals surface area contributed by atoms with Crippen LogP contribution in [0.25, 0.3) is 0 Å². The molecule has 122 valence electrons. The van der Waals surface area contributed by atoms with Crippen molar-refractivity contribution in [3.05, 3.63) is 27.8 Å². The fourth-order valence-electron chi connectivity index (χ4n) is 2.30. The summed E-state index contributed by atoms with van der Waals surface area (Å²) in [5.74, 6) is 0.0517. The van der Waals surface area contributed by atoms with E-state index in [4.69, 9.17) is 0 Å². The summed E-state index contributed by atoms with van der Waals surface area (Å²) >= 11 is 2.18. The molecule has 0 spiro atoms. The van der Waals surface area contributed by atoms with Gasteiger partial charge in [-0.3, -0.25) is 9.69 Å². The number of benzene rings is 1. The van der Waals surface area contributed by atoms with E-state index in [1.165, 1.54) is 4.31 Å². The summed E-state index contributed by atoms with van der Waals surface area (Å²) < 4.78 is 26.1. The van der Waals surface area contributed by atoms with Gasteiger partial charge in [0.05, 0.1) is 18.0 Å². The normalized spacial score (nSPS) is 17.4. The van der Waals surface area contributed by atoms with Gasteiger partial charge in [-0.1, -0.05) is 12.1 Å². The zero-order chi connectivity index (χ0) is 16.2. The minimum absolute atomic E-state index is 0.0732. The molecule has 0 unspecified atom stereocenters. The molecule has 1 fully saturated rings. The molecule has 1 N–H and O–H groups in total. The minimum Gasteiger partial charge on any atom is -0.324 e. The molecular formula is C14H20IN3O3S. The van der Waals surface area contributed by atoms with E-state index in [9.17, 15) is 13.2 Å². The third kappa shape index (κ3) is 4.64. The van der Waals surface area contributed by atoms with E-state index in [1.54, 1.807) is 6.92 Å². The van der Waals surface area contributed by atoms with Gasteiger partial charge in [-0.05, 0) is 41.6 Å². The lowest BCUT2D eigenvalue weighted by Crippen LogP contribution is -2.50. The van der Waals surface area contributed by atoms with Crippen LogP contribution in [0, 0.1) is 3.57 Å². The monoisotopic (exact) mass is 437 g/mol. The maximum atomic E-state index is 12.1. The second-order valence-electron chi connectivity index (χ2n) is 5.10. The topological polar surface area (TPSA) is 69.7 Å². The third-order valence-electron chi connectivity index (χ3n) is 3.60. The average Bonchev–Trinajstić information content (AvgIpc) is 2.50. The van der Waals surface area contributed by atoms with Crippen LogP contribution in [-0.4, -0.2) is 62.0 Å². The highest BCUT2D eigenvalue weighted by Crippen LogP contribution is 2.17. The highest BCUT2D eigenvalue weighted by atomic mass is 127. The molecule has 1 heterocycles. The Bertz CT molecular complexity index is 628. The van der Waals surface area contributed by atoms with Crippen LogP contribution in [0.2, 0.25) is 0 Å². The molecule has 0 saturated carbocycles. The second-order valence-corrected chi connectivity index (χ2v) is 8.52. The van der Waals surface area contributed by atoms with E-state index >= 15 is 0 Å². The van der Waals surface area contributed by atoms with Crippen LogP contribution < -0.4 is 5.32 Å². The van der Waals surface area contributed by atoms with E-state index in [-0.39, 0.29) is 18.2 Å². The summed E-state index contributed by atoms with van der Waals surface area (Å²) in [6.07, 6.45) is 0. The van der Waals surface area contributed by atoms with Crippen molar-refractivity contribution in [1.29, 1.82) is 0 Å². The molecule has 1 saturated heterocycles. The van der Waals surface area contributed by atoms with Crippen molar-refractivity contribution < 1.29 is 13.2 Å². The Morgan fingerprint density at radius 3 is 2.45 bits per heavy atom. The SMILES string of the molecule is CCS(=O)(=O)N1CCN(CC(=O)Nc2ccccc2I)CC1. The number of hydrogen-bond donors (Lipinski definition) is 1. The molecule has 0 bridgehead atoms. The predicted molar refractivity (Wildman–Crippen MR) is 95.3 cm³/mol. The van der Waals surface area contributed by atoms with Gasteiger partial charge in [0.25, 0.3) is 0 Å². The van der Waals surface area contributed by atoms with E-state index in [0.717, 1.165) is 9.26 Å². The Morgan fingerprint density at radius 1 is 1.23 bits per heavy atom. The van der Waals surface area contributed by atoms with Gasteiger partial charge in [0.2, 0.25) is 15.9 Å². The highest BCUT2D eigenvalue weighted by Gasteiger charge is 2.26. The van der Waals surface area contributed by atoms with Gasteiger partial charge in [0, 0.05) is 29.7 Å².